The van der Waals surface area contributed by atoms with Crippen molar-refractivity contribution < 1.29 is 29.3 Å². The number of H-pyrrole nitrogens is 1. The van der Waals surface area contributed by atoms with Crippen molar-refractivity contribution in [2.75, 3.05) is 26.2 Å². The molecule has 60 heavy (non-hydrogen) atoms. The van der Waals surface area contributed by atoms with Crippen molar-refractivity contribution in [3.8, 4) is 11.5 Å². The average Bonchev–Trinajstić information content (AvgIpc) is 3.28. The number of nitrogens with one attached hydrogen (secondary N) is 4. The van der Waals surface area contributed by atoms with Crippen molar-refractivity contribution in [3.05, 3.63) is 177 Å². The molecule has 0 aliphatic carbocycles. The highest BCUT2D eigenvalue weighted by atomic mass is 16.6. The minimum absolute atomic E-state index is 0.0514. The van der Waals surface area contributed by atoms with Crippen LogP contribution in [0.3, 0.4) is 0 Å². The third-order valence-corrected chi connectivity index (χ3v) is 11.5. The summed E-state index contributed by atoms with van der Waals surface area (Å²) in [5.41, 5.74) is 5.78. The molecule has 12 heteroatoms. The van der Waals surface area contributed by atoms with E-state index < -0.39 is 18.2 Å². The number of benzene rings is 5. The number of phenols is 1. The second kappa shape index (κ2) is 18.6. The summed E-state index contributed by atoms with van der Waals surface area (Å²) in [5.74, 6) is 0.837. The largest absolute Gasteiger partial charge is 0.506 e. The van der Waals surface area contributed by atoms with Gasteiger partial charge in [0, 0.05) is 43.2 Å². The third-order valence-electron chi connectivity index (χ3n) is 11.5. The van der Waals surface area contributed by atoms with Crippen molar-refractivity contribution in [1.29, 1.82) is 0 Å². The predicted molar refractivity (Wildman–Crippen MR) is 229 cm³/mol. The van der Waals surface area contributed by atoms with Gasteiger partial charge in [0.2, 0.25) is 5.56 Å². The second-order valence-electron chi connectivity index (χ2n) is 15.6. The van der Waals surface area contributed by atoms with E-state index in [1.807, 2.05) is 91.0 Å². The van der Waals surface area contributed by atoms with Crippen LogP contribution in [0.25, 0.3) is 10.9 Å². The molecule has 6 aromatic rings. The number of ether oxygens (including phenoxy) is 2. The standard InChI is InChI=1S/C48H49N5O7/c54-41-19-17-39(40-18-20-44(56)51-46(40)41)42(55)28-49-26-31-9-11-32(12-10-31)27-50-47(57)36-15-13-33(14-16-36)30-59-38-8-4-7-37(25-38)45(35-5-2-1-3-6-35)52-48(58)60-43-29-53-23-21-34(43)22-24-53/h1-20,25,34,42-43,45,49,54-55H,21-24,26-30H2,(H,50,57)(H,51,56)(H,52,58)/t42-,43+,45?/m1/s1. The molecule has 0 saturated carbocycles. The molecular formula is C48H49N5O7. The molecule has 3 saturated heterocycles. The van der Waals surface area contributed by atoms with Crippen molar-refractivity contribution in [2.45, 2.75) is 50.8 Å². The molecule has 5 aromatic carbocycles. The molecule has 1 unspecified atom stereocenters. The molecule has 0 radical (unpaired) electrons. The fourth-order valence-corrected chi connectivity index (χ4v) is 8.11. The number of amides is 2. The summed E-state index contributed by atoms with van der Waals surface area (Å²) >= 11 is 0. The van der Waals surface area contributed by atoms with Gasteiger partial charge in [-0.25, -0.2) is 4.79 Å². The van der Waals surface area contributed by atoms with Gasteiger partial charge in [-0.05, 0) is 102 Å². The number of alkyl carbamates (subject to hydrolysis) is 1. The molecule has 3 fully saturated rings. The average molecular weight is 808 g/mol. The molecular weight excluding hydrogens is 759 g/mol. The van der Waals surface area contributed by atoms with Crippen LogP contribution in [-0.2, 0) is 24.4 Å². The van der Waals surface area contributed by atoms with E-state index in [0.717, 1.165) is 60.3 Å². The summed E-state index contributed by atoms with van der Waals surface area (Å²) in [4.78, 5) is 42.9. The van der Waals surface area contributed by atoms with Crippen LogP contribution in [0.5, 0.6) is 11.5 Å². The maximum atomic E-state index is 13.2. The van der Waals surface area contributed by atoms with Crippen LogP contribution >= 0.6 is 0 Å². The molecule has 9 rings (SSSR count). The molecule has 3 aliphatic rings. The van der Waals surface area contributed by atoms with Crippen LogP contribution < -0.4 is 26.2 Å². The van der Waals surface area contributed by atoms with Gasteiger partial charge in [-0.1, -0.05) is 84.9 Å². The maximum absolute atomic E-state index is 13.2. The van der Waals surface area contributed by atoms with Crippen LogP contribution in [0, 0.1) is 5.92 Å². The molecule has 3 atom stereocenters. The van der Waals surface area contributed by atoms with E-state index in [4.69, 9.17) is 9.47 Å². The highest BCUT2D eigenvalue weighted by Crippen LogP contribution is 2.31. The van der Waals surface area contributed by atoms with E-state index in [0.29, 0.717) is 53.4 Å². The number of phenolic OH excluding ortho intramolecular Hbond substituents is 1. The number of carbonyl (C=O) groups is 2. The van der Waals surface area contributed by atoms with Gasteiger partial charge < -0.3 is 40.6 Å². The van der Waals surface area contributed by atoms with E-state index in [1.54, 1.807) is 24.3 Å². The first-order valence-electron chi connectivity index (χ1n) is 20.4. The molecule has 0 spiro atoms. The third kappa shape index (κ3) is 9.86. The Hall–Kier alpha value is -6.47. The lowest BCUT2D eigenvalue weighted by atomic mass is 9.86. The zero-order chi connectivity index (χ0) is 41.4. The number of pyridine rings is 1. The number of fused-ring (bicyclic) bond motifs is 4. The summed E-state index contributed by atoms with van der Waals surface area (Å²) in [6.45, 7) is 4.39. The Labute approximate surface area is 348 Å². The molecule has 6 N–H and O–H groups in total. The molecule has 2 amide bonds. The summed E-state index contributed by atoms with van der Waals surface area (Å²) in [6, 6.07) is 38.4. The Morgan fingerprint density at radius 2 is 1.52 bits per heavy atom. The lowest BCUT2D eigenvalue weighted by molar-refractivity contribution is -0.0336. The first-order valence-corrected chi connectivity index (χ1v) is 20.4. The minimum Gasteiger partial charge on any atom is -0.506 e. The molecule has 12 nitrogen and oxygen atoms in total. The van der Waals surface area contributed by atoms with Gasteiger partial charge >= 0.3 is 6.09 Å². The highest BCUT2D eigenvalue weighted by molar-refractivity contribution is 5.94. The van der Waals surface area contributed by atoms with Crippen molar-refractivity contribution >= 4 is 22.9 Å². The molecule has 4 heterocycles. The predicted octanol–water partition coefficient (Wildman–Crippen LogP) is 6.48. The highest BCUT2D eigenvalue weighted by Gasteiger charge is 2.37. The van der Waals surface area contributed by atoms with Crippen molar-refractivity contribution in [2.24, 2.45) is 5.92 Å². The van der Waals surface area contributed by atoms with Crippen molar-refractivity contribution in [1.82, 2.24) is 25.8 Å². The van der Waals surface area contributed by atoms with Crippen molar-refractivity contribution in [3.63, 3.8) is 0 Å². The normalized spacial score (nSPS) is 18.1. The number of carbonyl (C=O) groups excluding carboxylic acids is 2. The fourth-order valence-electron chi connectivity index (χ4n) is 8.11. The van der Waals surface area contributed by atoms with E-state index >= 15 is 0 Å². The van der Waals surface area contributed by atoms with E-state index in [1.165, 1.54) is 12.1 Å². The number of aliphatic hydroxyl groups is 1. The summed E-state index contributed by atoms with van der Waals surface area (Å²) in [7, 11) is 0. The maximum Gasteiger partial charge on any atom is 0.408 e. The summed E-state index contributed by atoms with van der Waals surface area (Å²) in [6.07, 6.45) is 0.774. The number of aromatic amines is 1. The van der Waals surface area contributed by atoms with Gasteiger partial charge in [0.25, 0.3) is 5.91 Å². The Bertz CT molecular complexity index is 2470. The Kier molecular flexibility index (Phi) is 12.5. The van der Waals surface area contributed by atoms with Crippen LogP contribution in [0.15, 0.2) is 132 Å². The number of hydrogen-bond donors (Lipinski definition) is 6. The summed E-state index contributed by atoms with van der Waals surface area (Å²) < 4.78 is 12.2. The quantitative estimate of drug-likeness (QED) is 0.0682. The fraction of sp³-hybridized carbons (Fsp3) is 0.271. The molecule has 3 aliphatic heterocycles. The van der Waals surface area contributed by atoms with Crippen LogP contribution in [0.4, 0.5) is 4.79 Å². The first kappa shape index (κ1) is 40.3. The number of hydrogen-bond acceptors (Lipinski definition) is 9. The van der Waals surface area contributed by atoms with Gasteiger partial charge in [0.05, 0.1) is 17.7 Å². The van der Waals surface area contributed by atoms with Gasteiger partial charge in [-0.15, -0.1) is 0 Å². The van der Waals surface area contributed by atoms with Gasteiger partial charge in [0.1, 0.15) is 24.2 Å². The van der Waals surface area contributed by atoms with Gasteiger partial charge in [0.15, 0.2) is 0 Å². The minimum atomic E-state index is -0.854. The molecule has 2 bridgehead atoms. The Morgan fingerprint density at radius 1 is 0.800 bits per heavy atom. The number of aliphatic hydroxyl groups excluding tert-OH is 1. The number of rotatable bonds is 15. The van der Waals surface area contributed by atoms with Gasteiger partial charge in [-0.2, -0.15) is 0 Å². The van der Waals surface area contributed by atoms with E-state index in [2.05, 4.69) is 25.8 Å². The number of aromatic nitrogens is 1. The zero-order valence-corrected chi connectivity index (χ0v) is 33.2. The number of piperidine rings is 3. The van der Waals surface area contributed by atoms with E-state index in [9.17, 15) is 24.6 Å². The lowest BCUT2D eigenvalue weighted by Crippen LogP contribution is -2.52. The van der Waals surface area contributed by atoms with E-state index in [-0.39, 0.29) is 29.9 Å². The zero-order valence-electron chi connectivity index (χ0n) is 33.2. The summed E-state index contributed by atoms with van der Waals surface area (Å²) in [5, 5.41) is 30.9. The van der Waals surface area contributed by atoms with Crippen LogP contribution in [0.2, 0.25) is 0 Å². The topological polar surface area (TPSA) is 165 Å². The molecule has 1 aromatic heterocycles. The lowest BCUT2D eigenvalue weighted by Gasteiger charge is -2.43. The van der Waals surface area contributed by atoms with Crippen LogP contribution in [0.1, 0.15) is 68.7 Å². The van der Waals surface area contributed by atoms with Crippen LogP contribution in [-0.4, -0.2) is 64.4 Å². The number of nitrogens with zero attached hydrogens (tertiary/aromatic N) is 1. The first-order chi connectivity index (χ1) is 29.3. The SMILES string of the molecule is O=C(NC(c1ccccc1)c1cccc(OCc2ccc(C(=O)NCc3ccc(CNC[C@@H](O)c4ccc(O)c5[nH]c(=O)ccc45)cc3)cc2)c1)O[C@H]1CN2CCC1CC2. The Balaban J connectivity index is 0.800. The Morgan fingerprint density at radius 3 is 2.25 bits per heavy atom. The van der Waals surface area contributed by atoms with Gasteiger partial charge in [-0.3, -0.25) is 14.5 Å². The second-order valence-corrected chi connectivity index (χ2v) is 15.6. The monoisotopic (exact) mass is 807 g/mol. The molecule has 308 valence electrons. The smallest absolute Gasteiger partial charge is 0.408 e. The number of aromatic hydroxyl groups is 1.